The monoisotopic (exact) mass is 265 g/mol. The van der Waals surface area contributed by atoms with E-state index in [9.17, 15) is 9.90 Å². The third-order valence-electron chi connectivity index (χ3n) is 3.47. The zero-order chi connectivity index (χ0) is 14.1. The minimum Gasteiger partial charge on any atom is -0.477 e. The highest BCUT2D eigenvalue weighted by atomic mass is 16.4. The molecule has 0 saturated carbocycles. The molecule has 0 bridgehead atoms. The quantitative estimate of drug-likeness (QED) is 0.787. The number of rotatable bonds is 3. The molecule has 3 nitrogen and oxygen atoms in total. The van der Waals surface area contributed by atoms with Gasteiger partial charge < -0.3 is 9.51 Å². The van der Waals surface area contributed by atoms with E-state index in [1.807, 2.05) is 49.5 Å². The van der Waals surface area contributed by atoms with Crippen LogP contribution in [0.1, 0.15) is 27.2 Å². The molecule has 0 fully saturated rings. The second-order valence-electron chi connectivity index (χ2n) is 4.98. The van der Waals surface area contributed by atoms with E-state index in [1.54, 1.807) is 4.40 Å². The Kier molecular flexibility index (Phi) is 3.03. The van der Waals surface area contributed by atoms with E-state index in [0.29, 0.717) is 5.69 Å². The molecule has 3 aromatic rings. The van der Waals surface area contributed by atoms with Crippen LogP contribution in [0.5, 0.6) is 0 Å². The van der Waals surface area contributed by atoms with E-state index >= 15 is 0 Å². The molecule has 0 unspecified atom stereocenters. The Bertz CT molecular complexity index is 772. The Labute approximate surface area is 117 Å². The summed E-state index contributed by atoms with van der Waals surface area (Å²) in [5.74, 6) is -0.889. The molecular formula is C17H15NO2. The summed E-state index contributed by atoms with van der Waals surface area (Å²) in [7, 11) is 0. The lowest BCUT2D eigenvalue weighted by molar-refractivity contribution is 0.0688. The van der Waals surface area contributed by atoms with Gasteiger partial charge in [0, 0.05) is 11.7 Å². The van der Waals surface area contributed by atoms with E-state index in [0.717, 1.165) is 23.1 Å². The van der Waals surface area contributed by atoms with Gasteiger partial charge in [0.25, 0.3) is 0 Å². The molecule has 1 aromatic carbocycles. The Morgan fingerprint density at radius 2 is 1.85 bits per heavy atom. The van der Waals surface area contributed by atoms with Gasteiger partial charge in [0.1, 0.15) is 5.69 Å². The maximum Gasteiger partial charge on any atom is 0.353 e. The van der Waals surface area contributed by atoms with E-state index < -0.39 is 5.97 Å². The van der Waals surface area contributed by atoms with Crippen molar-refractivity contribution in [3.63, 3.8) is 0 Å². The largest absolute Gasteiger partial charge is 0.477 e. The lowest BCUT2D eigenvalue weighted by atomic mass is 10.1. The van der Waals surface area contributed by atoms with Crippen LogP contribution in [0.3, 0.4) is 0 Å². The number of pyridine rings is 1. The molecule has 2 aromatic heterocycles. The van der Waals surface area contributed by atoms with Crippen LogP contribution >= 0.6 is 0 Å². The third-order valence-corrected chi connectivity index (χ3v) is 3.47. The second-order valence-corrected chi connectivity index (χ2v) is 4.98. The van der Waals surface area contributed by atoms with Gasteiger partial charge in [-0.25, -0.2) is 4.79 Å². The van der Waals surface area contributed by atoms with Gasteiger partial charge in [0.2, 0.25) is 0 Å². The molecule has 3 heteroatoms. The van der Waals surface area contributed by atoms with Crippen LogP contribution in [0.4, 0.5) is 0 Å². The van der Waals surface area contributed by atoms with Crippen molar-refractivity contribution in [2.45, 2.75) is 13.3 Å². The van der Waals surface area contributed by atoms with Gasteiger partial charge in [0.15, 0.2) is 0 Å². The summed E-state index contributed by atoms with van der Waals surface area (Å²) in [4.78, 5) is 11.3. The first-order valence-electron chi connectivity index (χ1n) is 6.53. The first-order chi connectivity index (χ1) is 9.65. The summed E-state index contributed by atoms with van der Waals surface area (Å²) < 4.78 is 1.76. The summed E-state index contributed by atoms with van der Waals surface area (Å²) >= 11 is 0. The number of carboxylic acid groups (broad SMARTS) is 1. The van der Waals surface area contributed by atoms with E-state index in [2.05, 4.69) is 12.1 Å². The number of fused-ring (bicyclic) bond motifs is 1. The average molecular weight is 265 g/mol. The van der Waals surface area contributed by atoms with Crippen LogP contribution in [0, 0.1) is 6.92 Å². The first-order valence-corrected chi connectivity index (χ1v) is 6.53. The highest BCUT2D eigenvalue weighted by Gasteiger charge is 2.13. The number of nitrogens with zero attached hydrogens (tertiary/aromatic N) is 1. The molecule has 0 amide bonds. The van der Waals surface area contributed by atoms with E-state index in [4.69, 9.17) is 0 Å². The number of carbonyl (C=O) groups is 1. The maximum absolute atomic E-state index is 11.3. The molecule has 1 N–H and O–H groups in total. The molecule has 20 heavy (non-hydrogen) atoms. The summed E-state index contributed by atoms with van der Waals surface area (Å²) in [6.07, 6.45) is 2.71. The predicted molar refractivity (Wildman–Crippen MR) is 78.3 cm³/mol. The SMILES string of the molecule is Cc1cc2ccc(Cc3ccccc3)cn2c1C(=O)O. The number of aryl methyl sites for hydroxylation is 1. The molecule has 100 valence electrons. The van der Waals surface area contributed by atoms with Crippen LogP contribution in [0.2, 0.25) is 0 Å². The first kappa shape index (κ1) is 12.5. The number of benzene rings is 1. The van der Waals surface area contributed by atoms with Gasteiger partial charge in [-0.1, -0.05) is 36.4 Å². The van der Waals surface area contributed by atoms with Crippen molar-refractivity contribution in [2.75, 3.05) is 0 Å². The van der Waals surface area contributed by atoms with Gasteiger partial charge in [-0.15, -0.1) is 0 Å². The molecule has 0 aliphatic heterocycles. The van der Waals surface area contributed by atoms with Crippen molar-refractivity contribution >= 4 is 11.5 Å². The Hall–Kier alpha value is -2.55. The Morgan fingerprint density at radius 1 is 1.10 bits per heavy atom. The highest BCUT2D eigenvalue weighted by molar-refractivity contribution is 5.89. The molecule has 3 rings (SSSR count). The topological polar surface area (TPSA) is 41.7 Å². The molecule has 2 heterocycles. The molecule has 0 spiro atoms. The van der Waals surface area contributed by atoms with Crippen molar-refractivity contribution in [3.05, 3.63) is 77.1 Å². The van der Waals surface area contributed by atoms with Gasteiger partial charge >= 0.3 is 5.97 Å². The van der Waals surface area contributed by atoms with Gasteiger partial charge in [-0.05, 0) is 42.2 Å². The number of hydrogen-bond acceptors (Lipinski definition) is 1. The predicted octanol–water partition coefficient (Wildman–Crippen LogP) is 3.54. The molecule has 0 aliphatic rings. The third kappa shape index (κ3) is 2.18. The summed E-state index contributed by atoms with van der Waals surface area (Å²) in [6, 6.07) is 16.1. The summed E-state index contributed by atoms with van der Waals surface area (Å²) in [6.45, 7) is 1.83. The standard InChI is InChI=1S/C17H15NO2/c1-12-9-15-8-7-14(10-13-5-3-2-4-6-13)11-18(15)16(12)17(19)20/h2-9,11H,10H2,1H3,(H,19,20). The van der Waals surface area contributed by atoms with Gasteiger partial charge in [0.05, 0.1) is 0 Å². The van der Waals surface area contributed by atoms with Crippen molar-refractivity contribution < 1.29 is 9.90 Å². The number of aromatic nitrogens is 1. The summed E-state index contributed by atoms with van der Waals surface area (Å²) in [5.41, 5.74) is 4.36. The maximum atomic E-state index is 11.3. The average Bonchev–Trinajstić information content (AvgIpc) is 2.75. The minimum absolute atomic E-state index is 0.343. The number of carboxylic acids is 1. The fraction of sp³-hybridized carbons (Fsp3) is 0.118. The van der Waals surface area contributed by atoms with Crippen molar-refractivity contribution in [1.29, 1.82) is 0 Å². The van der Waals surface area contributed by atoms with Crippen molar-refractivity contribution in [1.82, 2.24) is 4.40 Å². The van der Waals surface area contributed by atoms with Crippen LogP contribution in [-0.2, 0) is 6.42 Å². The van der Waals surface area contributed by atoms with Crippen LogP contribution < -0.4 is 0 Å². The van der Waals surface area contributed by atoms with Crippen molar-refractivity contribution in [2.24, 2.45) is 0 Å². The molecule has 0 radical (unpaired) electrons. The van der Waals surface area contributed by atoms with Crippen molar-refractivity contribution in [3.8, 4) is 0 Å². The zero-order valence-electron chi connectivity index (χ0n) is 11.2. The van der Waals surface area contributed by atoms with Crippen LogP contribution in [0.25, 0.3) is 5.52 Å². The minimum atomic E-state index is -0.889. The zero-order valence-corrected chi connectivity index (χ0v) is 11.2. The second kappa shape index (κ2) is 4.85. The van der Waals surface area contributed by atoms with Crippen LogP contribution in [0.15, 0.2) is 54.7 Å². The molecule has 0 atom stereocenters. The lowest BCUT2D eigenvalue weighted by Gasteiger charge is -2.05. The Balaban J connectivity index is 2.06. The smallest absolute Gasteiger partial charge is 0.353 e. The fourth-order valence-corrected chi connectivity index (χ4v) is 2.56. The van der Waals surface area contributed by atoms with Gasteiger partial charge in [-0.2, -0.15) is 0 Å². The van der Waals surface area contributed by atoms with Crippen LogP contribution in [-0.4, -0.2) is 15.5 Å². The highest BCUT2D eigenvalue weighted by Crippen LogP contribution is 2.18. The number of hydrogen-bond donors (Lipinski definition) is 1. The lowest BCUT2D eigenvalue weighted by Crippen LogP contribution is -2.04. The Morgan fingerprint density at radius 3 is 2.55 bits per heavy atom. The number of aromatic carboxylic acids is 1. The fourth-order valence-electron chi connectivity index (χ4n) is 2.56. The normalized spacial score (nSPS) is 10.8. The molecule has 0 aliphatic carbocycles. The van der Waals surface area contributed by atoms with E-state index in [1.165, 1.54) is 5.56 Å². The van der Waals surface area contributed by atoms with Gasteiger partial charge in [-0.3, -0.25) is 0 Å². The summed E-state index contributed by atoms with van der Waals surface area (Å²) in [5, 5.41) is 9.31. The van der Waals surface area contributed by atoms with E-state index in [-0.39, 0.29) is 0 Å². The molecular weight excluding hydrogens is 250 g/mol. The molecule has 0 saturated heterocycles.